The first-order valence-corrected chi connectivity index (χ1v) is 5.27. The minimum absolute atomic E-state index is 0.0138. The Labute approximate surface area is 105 Å². The maximum Gasteiger partial charge on any atom is 0.392 e. The van der Waals surface area contributed by atoms with Crippen molar-refractivity contribution in [2.24, 2.45) is 5.92 Å². The molecule has 18 heavy (non-hydrogen) atoms. The number of rotatable bonds is 3. The zero-order valence-electron chi connectivity index (χ0n) is 9.13. The molecule has 1 aromatic carbocycles. The van der Waals surface area contributed by atoms with Gasteiger partial charge in [-0.25, -0.2) is 4.39 Å². The van der Waals surface area contributed by atoms with Crippen LogP contribution in [0.1, 0.15) is 18.4 Å². The molecule has 1 N–H and O–H groups in total. The van der Waals surface area contributed by atoms with E-state index in [4.69, 9.17) is 16.7 Å². The minimum Gasteiger partial charge on any atom is -0.481 e. The van der Waals surface area contributed by atoms with Crippen LogP contribution in [0, 0.1) is 11.7 Å². The number of carboxylic acid groups (broad SMARTS) is 1. The first-order chi connectivity index (χ1) is 8.14. The van der Waals surface area contributed by atoms with Crippen LogP contribution in [0.4, 0.5) is 17.6 Å². The topological polar surface area (TPSA) is 37.3 Å². The van der Waals surface area contributed by atoms with Gasteiger partial charge >= 0.3 is 12.1 Å². The largest absolute Gasteiger partial charge is 0.481 e. The van der Waals surface area contributed by atoms with Crippen LogP contribution < -0.4 is 0 Å². The lowest BCUT2D eigenvalue weighted by atomic mass is 9.86. The van der Waals surface area contributed by atoms with Gasteiger partial charge in [0.05, 0.1) is 11.8 Å². The normalized spacial score (nSPS) is 15.2. The Morgan fingerprint density at radius 3 is 2.33 bits per heavy atom. The number of halogens is 5. The van der Waals surface area contributed by atoms with E-state index in [9.17, 15) is 22.4 Å². The van der Waals surface area contributed by atoms with Crippen molar-refractivity contribution in [1.29, 1.82) is 0 Å². The molecule has 0 heterocycles. The average molecular weight is 285 g/mol. The average Bonchev–Trinajstić information content (AvgIpc) is 2.19. The van der Waals surface area contributed by atoms with Gasteiger partial charge in [0.1, 0.15) is 5.82 Å². The van der Waals surface area contributed by atoms with Crippen LogP contribution >= 0.6 is 11.6 Å². The minimum atomic E-state index is -4.73. The molecule has 0 amide bonds. The summed E-state index contributed by atoms with van der Waals surface area (Å²) in [6.07, 6.45) is -4.73. The Hall–Kier alpha value is -1.30. The van der Waals surface area contributed by atoms with Crippen molar-refractivity contribution in [2.45, 2.75) is 19.0 Å². The fraction of sp³-hybridized carbons (Fsp3) is 0.364. The predicted octanol–water partition coefficient (Wildman–Crippen LogP) is 3.85. The van der Waals surface area contributed by atoms with Crippen LogP contribution in [-0.2, 0) is 4.79 Å². The molecule has 2 nitrogen and oxygen atoms in total. The molecule has 100 valence electrons. The standard InChI is InChI=1S/C11H9ClF4O2/c1-5(11(14,15)16)9(10(17)18)7-3-2-6(12)4-8(7)13/h2-5,9H,1H3,(H,17,18)/t5-,9?/m0/s1. The van der Waals surface area contributed by atoms with E-state index in [1.165, 1.54) is 0 Å². The van der Waals surface area contributed by atoms with Crippen LogP contribution in [-0.4, -0.2) is 17.3 Å². The number of hydrogen-bond donors (Lipinski definition) is 1. The van der Waals surface area contributed by atoms with Crippen molar-refractivity contribution in [2.75, 3.05) is 0 Å². The third-order valence-corrected chi connectivity index (χ3v) is 2.82. The van der Waals surface area contributed by atoms with Gasteiger partial charge in [0.2, 0.25) is 0 Å². The summed E-state index contributed by atoms with van der Waals surface area (Å²) in [7, 11) is 0. The van der Waals surface area contributed by atoms with Crippen molar-refractivity contribution < 1.29 is 27.5 Å². The zero-order valence-corrected chi connectivity index (χ0v) is 9.89. The smallest absolute Gasteiger partial charge is 0.392 e. The molecule has 0 bridgehead atoms. The van der Waals surface area contributed by atoms with Gasteiger partial charge in [-0.3, -0.25) is 4.79 Å². The Balaban J connectivity index is 3.25. The summed E-state index contributed by atoms with van der Waals surface area (Å²) in [4.78, 5) is 10.9. The Kier molecular flexibility index (Phi) is 4.21. The molecule has 0 saturated heterocycles. The van der Waals surface area contributed by atoms with E-state index in [2.05, 4.69) is 0 Å². The lowest BCUT2D eigenvalue weighted by Gasteiger charge is -2.23. The van der Waals surface area contributed by atoms with Crippen molar-refractivity contribution in [3.05, 3.63) is 34.6 Å². The SMILES string of the molecule is C[C@@H](C(C(=O)O)c1ccc(Cl)cc1F)C(F)(F)F. The molecular weight excluding hydrogens is 276 g/mol. The summed E-state index contributed by atoms with van der Waals surface area (Å²) in [6, 6.07) is 2.90. The lowest BCUT2D eigenvalue weighted by Crippen LogP contribution is -2.31. The molecule has 0 radical (unpaired) electrons. The molecule has 0 aliphatic heterocycles. The third-order valence-electron chi connectivity index (χ3n) is 2.58. The van der Waals surface area contributed by atoms with Gasteiger partial charge in [-0.05, 0) is 12.1 Å². The number of carboxylic acids is 1. The number of benzene rings is 1. The second kappa shape index (κ2) is 5.14. The van der Waals surface area contributed by atoms with Gasteiger partial charge < -0.3 is 5.11 Å². The maximum absolute atomic E-state index is 13.5. The quantitative estimate of drug-likeness (QED) is 0.856. The van der Waals surface area contributed by atoms with Crippen LogP contribution in [0.5, 0.6) is 0 Å². The van der Waals surface area contributed by atoms with E-state index in [1.54, 1.807) is 0 Å². The number of aliphatic carboxylic acids is 1. The fourth-order valence-corrected chi connectivity index (χ4v) is 1.72. The summed E-state index contributed by atoms with van der Waals surface area (Å²) in [5.74, 6) is -7.00. The highest BCUT2D eigenvalue weighted by atomic mass is 35.5. The molecule has 0 saturated carbocycles. The maximum atomic E-state index is 13.5. The predicted molar refractivity (Wildman–Crippen MR) is 57.0 cm³/mol. The second-order valence-corrected chi connectivity index (χ2v) is 4.25. The molecule has 0 aliphatic rings. The molecule has 0 spiro atoms. The third kappa shape index (κ3) is 3.13. The molecule has 0 aliphatic carbocycles. The zero-order chi connectivity index (χ0) is 14.1. The van der Waals surface area contributed by atoms with E-state index in [-0.39, 0.29) is 5.02 Å². The van der Waals surface area contributed by atoms with Crippen molar-refractivity contribution in [3.8, 4) is 0 Å². The Morgan fingerprint density at radius 2 is 1.94 bits per heavy atom. The van der Waals surface area contributed by atoms with Gasteiger partial charge in [-0.1, -0.05) is 24.6 Å². The van der Waals surface area contributed by atoms with Crippen LogP contribution in [0.15, 0.2) is 18.2 Å². The van der Waals surface area contributed by atoms with Gasteiger partial charge in [0, 0.05) is 10.6 Å². The van der Waals surface area contributed by atoms with Gasteiger partial charge in [0.15, 0.2) is 0 Å². The summed E-state index contributed by atoms with van der Waals surface area (Å²) in [6.45, 7) is 0.701. The highest BCUT2D eigenvalue weighted by molar-refractivity contribution is 6.30. The summed E-state index contributed by atoms with van der Waals surface area (Å²) in [5.41, 5.74) is -0.531. The fourth-order valence-electron chi connectivity index (χ4n) is 1.56. The molecule has 1 aromatic rings. The summed E-state index contributed by atoms with van der Waals surface area (Å²) >= 11 is 5.46. The molecule has 0 aromatic heterocycles. The van der Waals surface area contributed by atoms with E-state index in [1.807, 2.05) is 0 Å². The number of hydrogen-bond acceptors (Lipinski definition) is 1. The van der Waals surface area contributed by atoms with Gasteiger partial charge in [-0.15, -0.1) is 0 Å². The molecular formula is C11H9ClF4O2. The monoisotopic (exact) mass is 284 g/mol. The second-order valence-electron chi connectivity index (χ2n) is 3.81. The highest BCUT2D eigenvalue weighted by Gasteiger charge is 2.45. The molecule has 7 heteroatoms. The van der Waals surface area contributed by atoms with Crippen molar-refractivity contribution in [3.63, 3.8) is 0 Å². The van der Waals surface area contributed by atoms with Crippen LogP contribution in [0.25, 0.3) is 0 Å². The van der Waals surface area contributed by atoms with E-state index in [0.717, 1.165) is 18.2 Å². The lowest BCUT2D eigenvalue weighted by molar-refractivity contribution is -0.183. The Bertz CT molecular complexity index is 459. The van der Waals surface area contributed by atoms with Crippen LogP contribution in [0.3, 0.4) is 0 Å². The first kappa shape index (κ1) is 14.8. The molecule has 1 unspecified atom stereocenters. The molecule has 2 atom stereocenters. The summed E-state index contributed by atoms with van der Waals surface area (Å²) in [5, 5.41) is 8.84. The molecule has 1 rings (SSSR count). The van der Waals surface area contributed by atoms with Crippen molar-refractivity contribution >= 4 is 17.6 Å². The highest BCUT2D eigenvalue weighted by Crippen LogP contribution is 2.38. The number of alkyl halides is 3. The first-order valence-electron chi connectivity index (χ1n) is 4.89. The van der Waals surface area contributed by atoms with Crippen LogP contribution in [0.2, 0.25) is 5.02 Å². The van der Waals surface area contributed by atoms with Gasteiger partial charge in [-0.2, -0.15) is 13.2 Å². The molecule has 0 fully saturated rings. The Morgan fingerprint density at radius 1 is 1.39 bits per heavy atom. The van der Waals surface area contributed by atoms with E-state index < -0.39 is 35.4 Å². The van der Waals surface area contributed by atoms with E-state index >= 15 is 0 Å². The van der Waals surface area contributed by atoms with E-state index in [0.29, 0.717) is 6.92 Å². The van der Waals surface area contributed by atoms with Gasteiger partial charge in [0.25, 0.3) is 0 Å². The number of carbonyl (C=O) groups is 1. The van der Waals surface area contributed by atoms with Crippen molar-refractivity contribution in [1.82, 2.24) is 0 Å². The summed E-state index contributed by atoms with van der Waals surface area (Å²) < 4.78 is 51.1.